The van der Waals surface area contributed by atoms with Crippen LogP contribution in [0.25, 0.3) is 0 Å². The molecular formula is C3H12O6S. The fraction of sp³-hybridized carbons (Fsp3) is 1.00. The molecule has 0 saturated heterocycles. The SMILES string of the molecule is CC(O)CS(=O)(=O)O.O.O. The summed E-state index contributed by atoms with van der Waals surface area (Å²) in [4.78, 5) is 0. The molecular weight excluding hydrogens is 164 g/mol. The Morgan fingerprint density at radius 3 is 1.70 bits per heavy atom. The summed E-state index contributed by atoms with van der Waals surface area (Å²) in [6.07, 6.45) is -0.995. The van der Waals surface area contributed by atoms with Crippen LogP contribution in [-0.4, -0.2) is 40.9 Å². The average Bonchev–Trinajstić information content (AvgIpc) is 1.21. The zero-order chi connectivity index (χ0) is 6.78. The second kappa shape index (κ2) is 5.57. The first-order chi connectivity index (χ1) is 3.42. The Morgan fingerprint density at radius 2 is 1.70 bits per heavy atom. The second-order valence-electron chi connectivity index (χ2n) is 1.60. The number of hydrogen-bond donors (Lipinski definition) is 2. The van der Waals surface area contributed by atoms with E-state index in [0.29, 0.717) is 0 Å². The monoisotopic (exact) mass is 176 g/mol. The van der Waals surface area contributed by atoms with Crippen LogP contribution < -0.4 is 0 Å². The lowest BCUT2D eigenvalue weighted by Crippen LogP contribution is -2.16. The first-order valence-electron chi connectivity index (χ1n) is 2.05. The first-order valence-corrected chi connectivity index (χ1v) is 3.66. The quantitative estimate of drug-likeness (QED) is 0.453. The van der Waals surface area contributed by atoms with Gasteiger partial charge in [-0.2, -0.15) is 8.42 Å². The molecule has 0 spiro atoms. The molecule has 66 valence electrons. The van der Waals surface area contributed by atoms with E-state index in [4.69, 9.17) is 9.66 Å². The molecule has 0 rings (SSSR count). The van der Waals surface area contributed by atoms with Crippen molar-refractivity contribution in [1.29, 1.82) is 0 Å². The summed E-state index contributed by atoms with van der Waals surface area (Å²) < 4.78 is 27.7. The van der Waals surface area contributed by atoms with Gasteiger partial charge >= 0.3 is 0 Å². The van der Waals surface area contributed by atoms with E-state index < -0.39 is 22.0 Å². The van der Waals surface area contributed by atoms with E-state index in [-0.39, 0.29) is 11.0 Å². The number of aliphatic hydroxyl groups is 1. The van der Waals surface area contributed by atoms with Crippen LogP contribution in [0.1, 0.15) is 6.92 Å². The lowest BCUT2D eigenvalue weighted by atomic mass is 10.5. The number of aliphatic hydroxyl groups excluding tert-OH is 1. The Balaban J connectivity index is -0.000000245. The summed E-state index contributed by atoms with van der Waals surface area (Å²) in [6, 6.07) is 0. The van der Waals surface area contributed by atoms with Crippen LogP contribution in [0, 0.1) is 0 Å². The third kappa shape index (κ3) is 15.7. The van der Waals surface area contributed by atoms with E-state index in [1.54, 1.807) is 0 Å². The van der Waals surface area contributed by atoms with Gasteiger partial charge in [0.1, 0.15) is 5.75 Å². The van der Waals surface area contributed by atoms with Crippen LogP contribution in [-0.2, 0) is 10.1 Å². The highest BCUT2D eigenvalue weighted by molar-refractivity contribution is 7.85. The standard InChI is InChI=1S/C3H8O4S.2H2O/c1-3(4)2-8(5,6)7;;/h3-4H,2H2,1H3,(H,5,6,7);2*1H2. The van der Waals surface area contributed by atoms with Crippen molar-refractivity contribution in [1.82, 2.24) is 0 Å². The molecule has 0 saturated carbocycles. The van der Waals surface area contributed by atoms with Crippen molar-refractivity contribution >= 4 is 10.1 Å². The number of rotatable bonds is 2. The highest BCUT2D eigenvalue weighted by atomic mass is 32.2. The minimum Gasteiger partial charge on any atom is -0.412 e. The molecule has 6 nitrogen and oxygen atoms in total. The zero-order valence-corrected chi connectivity index (χ0v) is 6.22. The van der Waals surface area contributed by atoms with Gasteiger partial charge in [-0.15, -0.1) is 0 Å². The van der Waals surface area contributed by atoms with E-state index in [9.17, 15) is 8.42 Å². The molecule has 0 amide bonds. The molecule has 0 aliphatic heterocycles. The summed E-state index contributed by atoms with van der Waals surface area (Å²) in [5, 5.41) is 8.35. The van der Waals surface area contributed by atoms with Crippen molar-refractivity contribution in [3.8, 4) is 0 Å². The first kappa shape index (κ1) is 16.4. The predicted octanol–water partition coefficient (Wildman–Crippen LogP) is -2.39. The molecule has 0 bridgehead atoms. The maximum absolute atomic E-state index is 9.84. The highest BCUT2D eigenvalue weighted by Crippen LogP contribution is 1.86. The van der Waals surface area contributed by atoms with Crippen molar-refractivity contribution in [2.75, 3.05) is 5.75 Å². The van der Waals surface area contributed by atoms with Gasteiger partial charge in [0.25, 0.3) is 10.1 Å². The van der Waals surface area contributed by atoms with Crippen molar-refractivity contribution in [3.05, 3.63) is 0 Å². The van der Waals surface area contributed by atoms with Crippen molar-refractivity contribution < 1.29 is 29.0 Å². The molecule has 0 heterocycles. The fourth-order valence-corrected chi connectivity index (χ4v) is 0.914. The van der Waals surface area contributed by atoms with E-state index in [1.807, 2.05) is 0 Å². The Kier molecular flexibility index (Phi) is 9.13. The Labute approximate surface area is 58.9 Å². The average molecular weight is 176 g/mol. The molecule has 0 radical (unpaired) electrons. The molecule has 1 atom stereocenters. The van der Waals surface area contributed by atoms with Gasteiger partial charge in [-0.1, -0.05) is 0 Å². The van der Waals surface area contributed by atoms with E-state index >= 15 is 0 Å². The van der Waals surface area contributed by atoms with Gasteiger partial charge in [0.2, 0.25) is 0 Å². The fourth-order valence-electron chi connectivity index (χ4n) is 0.305. The molecule has 0 aromatic carbocycles. The normalized spacial score (nSPS) is 12.7. The Morgan fingerprint density at radius 1 is 1.40 bits per heavy atom. The van der Waals surface area contributed by atoms with Crippen molar-refractivity contribution in [3.63, 3.8) is 0 Å². The summed E-state index contributed by atoms with van der Waals surface area (Å²) in [5.74, 6) is -0.590. The lowest BCUT2D eigenvalue weighted by Gasteiger charge is -1.97. The van der Waals surface area contributed by atoms with E-state index in [2.05, 4.69) is 0 Å². The second-order valence-corrected chi connectivity index (χ2v) is 3.09. The molecule has 0 aromatic heterocycles. The highest BCUT2D eigenvalue weighted by Gasteiger charge is 2.07. The van der Waals surface area contributed by atoms with Crippen LogP contribution >= 0.6 is 0 Å². The molecule has 0 fully saturated rings. The molecule has 0 aliphatic rings. The van der Waals surface area contributed by atoms with Crippen LogP contribution in [0.15, 0.2) is 0 Å². The molecule has 10 heavy (non-hydrogen) atoms. The Bertz CT molecular complexity index is 146. The third-order valence-electron chi connectivity index (χ3n) is 0.452. The van der Waals surface area contributed by atoms with Gasteiger partial charge in [-0.05, 0) is 6.92 Å². The van der Waals surface area contributed by atoms with Crippen LogP contribution in [0.2, 0.25) is 0 Å². The molecule has 0 aliphatic carbocycles. The van der Waals surface area contributed by atoms with Gasteiger partial charge in [-0.25, -0.2) is 0 Å². The van der Waals surface area contributed by atoms with E-state index in [1.165, 1.54) is 6.92 Å². The molecule has 0 aromatic rings. The minimum absolute atomic E-state index is 0. The van der Waals surface area contributed by atoms with Gasteiger partial charge in [0, 0.05) is 0 Å². The van der Waals surface area contributed by atoms with E-state index in [0.717, 1.165) is 0 Å². The topological polar surface area (TPSA) is 138 Å². The summed E-state index contributed by atoms with van der Waals surface area (Å²) in [7, 11) is -3.97. The predicted molar refractivity (Wildman–Crippen MR) is 35.3 cm³/mol. The van der Waals surface area contributed by atoms with Crippen LogP contribution in [0.5, 0.6) is 0 Å². The summed E-state index contributed by atoms with van der Waals surface area (Å²) in [5.41, 5.74) is 0. The molecule has 6 N–H and O–H groups in total. The Hall–Kier alpha value is -0.210. The largest absolute Gasteiger partial charge is 0.412 e. The lowest BCUT2D eigenvalue weighted by molar-refractivity contribution is 0.215. The van der Waals surface area contributed by atoms with Gasteiger partial charge in [-0.3, -0.25) is 4.55 Å². The van der Waals surface area contributed by atoms with Gasteiger partial charge in [0.05, 0.1) is 6.10 Å². The van der Waals surface area contributed by atoms with Gasteiger partial charge in [0.15, 0.2) is 0 Å². The summed E-state index contributed by atoms with van der Waals surface area (Å²) >= 11 is 0. The van der Waals surface area contributed by atoms with Crippen molar-refractivity contribution in [2.24, 2.45) is 0 Å². The maximum Gasteiger partial charge on any atom is 0.267 e. The van der Waals surface area contributed by atoms with Crippen LogP contribution in [0.3, 0.4) is 0 Å². The molecule has 1 unspecified atom stereocenters. The summed E-state index contributed by atoms with van der Waals surface area (Å²) in [6.45, 7) is 1.29. The maximum atomic E-state index is 9.84. The van der Waals surface area contributed by atoms with Crippen molar-refractivity contribution in [2.45, 2.75) is 13.0 Å². The van der Waals surface area contributed by atoms with Crippen LogP contribution in [0.4, 0.5) is 0 Å². The number of hydrogen-bond acceptors (Lipinski definition) is 3. The van der Waals surface area contributed by atoms with Gasteiger partial charge < -0.3 is 16.1 Å². The third-order valence-corrected chi connectivity index (χ3v) is 1.36. The molecule has 7 heteroatoms. The minimum atomic E-state index is -3.97. The smallest absolute Gasteiger partial charge is 0.267 e. The zero-order valence-electron chi connectivity index (χ0n) is 5.40.